The number of hydrogen-bond donors (Lipinski definition) is 1. The summed E-state index contributed by atoms with van der Waals surface area (Å²) in [5.74, 6) is 0.233. The van der Waals surface area contributed by atoms with Gasteiger partial charge in [0, 0.05) is 16.6 Å². The normalized spacial score (nSPS) is 10.9. The molecule has 0 aliphatic rings. The summed E-state index contributed by atoms with van der Waals surface area (Å²) in [6.45, 7) is 0.771. The van der Waals surface area contributed by atoms with Gasteiger partial charge in [0.1, 0.15) is 5.75 Å². The lowest BCUT2D eigenvalue weighted by atomic mass is 10.2. The molecule has 102 valence electrons. The molecule has 5 heteroatoms. The lowest BCUT2D eigenvalue weighted by molar-refractivity contribution is -0.0505. The summed E-state index contributed by atoms with van der Waals surface area (Å²) in [4.78, 5) is 0. The first-order chi connectivity index (χ1) is 8.63. The number of unbranched alkanes of at least 4 members (excludes halogenated alkanes) is 2. The Hall–Kier alpha value is -0.680. The molecule has 0 spiro atoms. The minimum atomic E-state index is -2.79. The van der Waals surface area contributed by atoms with E-state index in [1.54, 1.807) is 18.2 Å². The van der Waals surface area contributed by atoms with Crippen molar-refractivity contribution in [1.82, 2.24) is 5.32 Å². The molecule has 0 aliphatic carbocycles. The van der Waals surface area contributed by atoms with Gasteiger partial charge in [-0.1, -0.05) is 35.7 Å². The van der Waals surface area contributed by atoms with E-state index in [1.165, 1.54) is 6.42 Å². The average Bonchev–Trinajstić information content (AvgIpc) is 2.31. The topological polar surface area (TPSA) is 21.3 Å². The van der Waals surface area contributed by atoms with Crippen molar-refractivity contribution < 1.29 is 13.5 Å². The molecule has 0 aromatic heterocycles. The molecule has 0 saturated heterocycles. The first kappa shape index (κ1) is 15.4. The number of rotatable bonds is 8. The molecule has 0 unspecified atom stereocenters. The molecule has 0 fully saturated rings. The molecule has 0 heterocycles. The highest BCUT2D eigenvalue weighted by molar-refractivity contribution is 9.10. The van der Waals surface area contributed by atoms with E-state index in [0.29, 0.717) is 6.54 Å². The third kappa shape index (κ3) is 5.78. The summed E-state index contributed by atoms with van der Waals surface area (Å²) >= 11 is 3.33. The number of halogens is 3. The minimum absolute atomic E-state index is 0.233. The zero-order valence-corrected chi connectivity index (χ0v) is 12.0. The Morgan fingerprint density at radius 1 is 1.33 bits per heavy atom. The fraction of sp³-hybridized carbons (Fsp3) is 0.538. The van der Waals surface area contributed by atoms with E-state index in [0.717, 1.165) is 29.4 Å². The maximum Gasteiger partial charge on any atom is 0.387 e. The third-order valence-corrected chi connectivity index (χ3v) is 3.00. The Morgan fingerprint density at radius 2 is 2.11 bits per heavy atom. The monoisotopic (exact) mass is 321 g/mol. The lowest BCUT2D eigenvalue weighted by Gasteiger charge is -2.12. The number of ether oxygens (including phenoxy) is 1. The van der Waals surface area contributed by atoms with Crippen LogP contribution in [-0.4, -0.2) is 13.2 Å². The number of hydrogen-bond acceptors (Lipinski definition) is 2. The van der Waals surface area contributed by atoms with Gasteiger partial charge in [0.05, 0.1) is 0 Å². The van der Waals surface area contributed by atoms with Crippen LogP contribution in [0.2, 0.25) is 0 Å². The molecule has 0 amide bonds. The highest BCUT2D eigenvalue weighted by atomic mass is 79.9. The molecule has 1 aromatic rings. The van der Waals surface area contributed by atoms with Gasteiger partial charge in [-0.05, 0) is 31.2 Å². The fourth-order valence-electron chi connectivity index (χ4n) is 1.62. The Labute approximate surface area is 115 Å². The van der Waals surface area contributed by atoms with Gasteiger partial charge in [-0.25, -0.2) is 0 Å². The molecular weight excluding hydrogens is 304 g/mol. The van der Waals surface area contributed by atoms with Gasteiger partial charge < -0.3 is 10.1 Å². The number of nitrogens with one attached hydrogen (secondary N) is 1. The standard InChI is InChI=1S/C13H18BrF2NO/c1-2-3-4-7-17-9-10-8-11(14)5-6-12(10)18-13(15)16/h5-6,8,13,17H,2-4,7,9H2,1H3. The molecule has 1 rings (SSSR count). The van der Waals surface area contributed by atoms with Crippen molar-refractivity contribution >= 4 is 15.9 Å². The summed E-state index contributed by atoms with van der Waals surface area (Å²) < 4.78 is 29.8. The second-order valence-electron chi connectivity index (χ2n) is 4.01. The molecule has 0 aliphatic heterocycles. The Kier molecular flexibility index (Phi) is 7.20. The maximum absolute atomic E-state index is 12.2. The first-order valence-corrected chi connectivity index (χ1v) is 6.86. The van der Waals surface area contributed by atoms with Crippen LogP contribution in [0, 0.1) is 0 Å². The van der Waals surface area contributed by atoms with Crippen molar-refractivity contribution in [2.75, 3.05) is 6.54 Å². The smallest absolute Gasteiger partial charge is 0.387 e. The van der Waals surface area contributed by atoms with Crippen molar-refractivity contribution in [3.8, 4) is 5.75 Å². The first-order valence-electron chi connectivity index (χ1n) is 6.07. The van der Waals surface area contributed by atoms with Gasteiger partial charge in [0.25, 0.3) is 0 Å². The molecule has 0 bridgehead atoms. The Balaban J connectivity index is 2.53. The Morgan fingerprint density at radius 3 is 2.78 bits per heavy atom. The van der Waals surface area contributed by atoms with Crippen LogP contribution in [0.3, 0.4) is 0 Å². The van der Waals surface area contributed by atoms with Gasteiger partial charge in [-0.3, -0.25) is 0 Å². The lowest BCUT2D eigenvalue weighted by Crippen LogP contribution is -2.16. The van der Waals surface area contributed by atoms with Crippen LogP contribution in [-0.2, 0) is 6.54 Å². The second kappa shape index (κ2) is 8.43. The van der Waals surface area contributed by atoms with Crippen LogP contribution in [0.5, 0.6) is 5.75 Å². The fourth-order valence-corrected chi connectivity index (χ4v) is 2.03. The summed E-state index contributed by atoms with van der Waals surface area (Å²) in [5, 5.41) is 3.23. The average molecular weight is 322 g/mol. The summed E-state index contributed by atoms with van der Waals surface area (Å²) in [6, 6.07) is 5.04. The largest absolute Gasteiger partial charge is 0.434 e. The minimum Gasteiger partial charge on any atom is -0.434 e. The van der Waals surface area contributed by atoms with Crippen molar-refractivity contribution in [2.24, 2.45) is 0 Å². The third-order valence-electron chi connectivity index (χ3n) is 2.51. The number of alkyl halides is 2. The van der Waals surface area contributed by atoms with Crippen molar-refractivity contribution in [1.29, 1.82) is 0 Å². The quantitative estimate of drug-likeness (QED) is 0.719. The van der Waals surface area contributed by atoms with E-state index in [-0.39, 0.29) is 5.75 Å². The molecule has 18 heavy (non-hydrogen) atoms. The van der Waals surface area contributed by atoms with Crippen molar-refractivity contribution in [3.05, 3.63) is 28.2 Å². The van der Waals surface area contributed by atoms with Crippen LogP contribution in [0.1, 0.15) is 31.7 Å². The van der Waals surface area contributed by atoms with Gasteiger partial charge in [0.15, 0.2) is 0 Å². The highest BCUT2D eigenvalue weighted by Gasteiger charge is 2.09. The van der Waals surface area contributed by atoms with Crippen LogP contribution in [0.25, 0.3) is 0 Å². The van der Waals surface area contributed by atoms with E-state index in [9.17, 15) is 8.78 Å². The van der Waals surface area contributed by atoms with E-state index in [4.69, 9.17) is 0 Å². The van der Waals surface area contributed by atoms with E-state index >= 15 is 0 Å². The summed E-state index contributed by atoms with van der Waals surface area (Å²) in [6.07, 6.45) is 3.43. The van der Waals surface area contributed by atoms with Gasteiger partial charge in [0.2, 0.25) is 0 Å². The molecule has 2 nitrogen and oxygen atoms in total. The Bertz CT molecular complexity index is 361. The molecule has 1 aromatic carbocycles. The van der Waals surface area contributed by atoms with Gasteiger partial charge in [-0.15, -0.1) is 0 Å². The van der Waals surface area contributed by atoms with Gasteiger partial charge in [-0.2, -0.15) is 8.78 Å². The van der Waals surface area contributed by atoms with E-state index in [1.807, 2.05) is 0 Å². The molecule has 0 atom stereocenters. The van der Waals surface area contributed by atoms with Crippen molar-refractivity contribution in [3.63, 3.8) is 0 Å². The molecular formula is C13H18BrF2NO. The van der Waals surface area contributed by atoms with Crippen LogP contribution >= 0.6 is 15.9 Å². The molecule has 0 radical (unpaired) electrons. The van der Waals surface area contributed by atoms with E-state index in [2.05, 4.69) is 32.9 Å². The second-order valence-corrected chi connectivity index (χ2v) is 4.93. The molecule has 0 saturated carbocycles. The van der Waals surface area contributed by atoms with Crippen LogP contribution in [0.4, 0.5) is 8.78 Å². The van der Waals surface area contributed by atoms with Crippen molar-refractivity contribution in [2.45, 2.75) is 39.3 Å². The zero-order valence-electron chi connectivity index (χ0n) is 10.4. The van der Waals surface area contributed by atoms with Gasteiger partial charge >= 0.3 is 6.61 Å². The zero-order chi connectivity index (χ0) is 13.4. The highest BCUT2D eigenvalue weighted by Crippen LogP contribution is 2.24. The maximum atomic E-state index is 12.2. The summed E-state index contributed by atoms with van der Waals surface area (Å²) in [7, 11) is 0. The van der Waals surface area contributed by atoms with E-state index < -0.39 is 6.61 Å². The molecule has 1 N–H and O–H groups in total. The SMILES string of the molecule is CCCCCNCc1cc(Br)ccc1OC(F)F. The van der Waals surface area contributed by atoms with Crippen LogP contribution in [0.15, 0.2) is 22.7 Å². The predicted molar refractivity (Wildman–Crippen MR) is 72.0 cm³/mol. The van der Waals surface area contributed by atoms with Crippen LogP contribution < -0.4 is 10.1 Å². The predicted octanol–water partition coefficient (Wildman–Crippen LogP) is 4.33. The summed E-state index contributed by atoms with van der Waals surface area (Å²) in [5.41, 5.74) is 0.737. The number of benzene rings is 1.